The molecule has 1 aromatic heterocycles. The summed E-state index contributed by atoms with van der Waals surface area (Å²) in [6, 6.07) is 22.5. The summed E-state index contributed by atoms with van der Waals surface area (Å²) in [6.45, 7) is 2.03. The van der Waals surface area contributed by atoms with Crippen molar-refractivity contribution >= 4 is 51.2 Å². The maximum Gasteiger partial charge on any atom is 0.269 e. The molecule has 0 unspecified atom stereocenters. The van der Waals surface area contributed by atoms with E-state index in [4.69, 9.17) is 4.74 Å². The van der Waals surface area contributed by atoms with Gasteiger partial charge in [0.2, 0.25) is 11.9 Å². The van der Waals surface area contributed by atoms with Crippen LogP contribution in [0.5, 0.6) is 5.75 Å². The normalized spacial score (nSPS) is 10.4. The van der Waals surface area contributed by atoms with Gasteiger partial charge in [0.15, 0.2) is 5.16 Å². The number of nitrogens with zero attached hydrogens (tertiary/aromatic N) is 3. The summed E-state index contributed by atoms with van der Waals surface area (Å²) in [6.07, 6.45) is 0. The van der Waals surface area contributed by atoms with Crippen molar-refractivity contribution in [3.63, 3.8) is 0 Å². The van der Waals surface area contributed by atoms with Crippen molar-refractivity contribution in [1.82, 2.24) is 20.4 Å². The molecule has 3 N–H and O–H groups in total. The lowest BCUT2D eigenvalue weighted by Gasteiger charge is -2.11. The number of anilines is 3. The second-order valence-electron chi connectivity index (χ2n) is 7.12. The lowest BCUT2D eigenvalue weighted by molar-refractivity contribution is 0.0962. The van der Waals surface area contributed by atoms with Gasteiger partial charge in [-0.25, -0.2) is 0 Å². The SMILES string of the molecule is COc1ccc(C(=O)NNc2nc(Nc3cccc(Br)c3)nc(Sc3ccc(C)cc3)n2)cc1. The van der Waals surface area contributed by atoms with Crippen LogP contribution in [-0.4, -0.2) is 28.0 Å². The fourth-order valence-corrected chi connectivity index (χ4v) is 3.99. The number of methoxy groups -OCH3 is 1. The zero-order valence-electron chi connectivity index (χ0n) is 18.4. The van der Waals surface area contributed by atoms with E-state index in [0.717, 1.165) is 15.1 Å². The summed E-state index contributed by atoms with van der Waals surface area (Å²) in [5.41, 5.74) is 7.85. The molecule has 1 heterocycles. The molecule has 3 aromatic carbocycles. The van der Waals surface area contributed by atoms with Crippen molar-refractivity contribution in [3.8, 4) is 5.75 Å². The molecule has 0 spiro atoms. The Morgan fingerprint density at radius 2 is 1.68 bits per heavy atom. The van der Waals surface area contributed by atoms with Gasteiger partial charge in [-0.2, -0.15) is 15.0 Å². The maximum atomic E-state index is 12.5. The summed E-state index contributed by atoms with van der Waals surface area (Å²) in [4.78, 5) is 26.9. The average molecular weight is 537 g/mol. The zero-order chi connectivity index (χ0) is 23.9. The van der Waals surface area contributed by atoms with Crippen LogP contribution in [0.25, 0.3) is 0 Å². The van der Waals surface area contributed by atoms with E-state index in [2.05, 4.69) is 47.1 Å². The average Bonchev–Trinajstić information content (AvgIpc) is 2.84. The van der Waals surface area contributed by atoms with Crippen LogP contribution < -0.4 is 20.9 Å². The number of ether oxygens (including phenoxy) is 1. The molecule has 0 saturated heterocycles. The van der Waals surface area contributed by atoms with Gasteiger partial charge >= 0.3 is 0 Å². The Hall–Kier alpha value is -3.63. The summed E-state index contributed by atoms with van der Waals surface area (Å²) < 4.78 is 6.05. The van der Waals surface area contributed by atoms with Gasteiger partial charge in [-0.3, -0.25) is 15.6 Å². The molecule has 1 amide bonds. The number of hydrogen-bond acceptors (Lipinski definition) is 8. The number of benzene rings is 3. The minimum absolute atomic E-state index is 0.198. The van der Waals surface area contributed by atoms with Crippen molar-refractivity contribution in [2.24, 2.45) is 0 Å². The molecule has 0 saturated carbocycles. The molecule has 0 radical (unpaired) electrons. The van der Waals surface area contributed by atoms with Gasteiger partial charge in [-0.15, -0.1) is 0 Å². The van der Waals surface area contributed by atoms with E-state index in [1.165, 1.54) is 17.3 Å². The lowest BCUT2D eigenvalue weighted by Crippen LogP contribution is -2.30. The Labute approximate surface area is 209 Å². The van der Waals surface area contributed by atoms with Gasteiger partial charge < -0.3 is 10.1 Å². The first-order chi connectivity index (χ1) is 16.5. The summed E-state index contributed by atoms with van der Waals surface area (Å²) in [5, 5.41) is 3.65. The summed E-state index contributed by atoms with van der Waals surface area (Å²) >= 11 is 4.86. The molecular weight excluding hydrogens is 516 g/mol. The molecule has 34 heavy (non-hydrogen) atoms. The highest BCUT2D eigenvalue weighted by Gasteiger charge is 2.11. The van der Waals surface area contributed by atoms with E-state index >= 15 is 0 Å². The van der Waals surface area contributed by atoms with Gasteiger partial charge in [-0.1, -0.05) is 39.7 Å². The minimum atomic E-state index is -0.336. The molecule has 4 aromatic rings. The van der Waals surface area contributed by atoms with Gasteiger partial charge in [0.25, 0.3) is 5.91 Å². The molecule has 0 aliphatic carbocycles. The van der Waals surface area contributed by atoms with Crippen molar-refractivity contribution < 1.29 is 9.53 Å². The van der Waals surface area contributed by atoms with E-state index in [1.807, 2.05) is 55.5 Å². The van der Waals surface area contributed by atoms with Crippen LogP contribution in [0.2, 0.25) is 0 Å². The van der Waals surface area contributed by atoms with Crippen LogP contribution in [0.1, 0.15) is 15.9 Å². The number of aryl methyl sites for hydroxylation is 1. The summed E-state index contributed by atoms with van der Waals surface area (Å²) in [5.74, 6) is 0.869. The Kier molecular flexibility index (Phi) is 7.61. The second-order valence-corrected chi connectivity index (χ2v) is 9.08. The van der Waals surface area contributed by atoms with Crippen LogP contribution in [-0.2, 0) is 0 Å². The number of carbonyl (C=O) groups excluding carboxylic acids is 1. The third kappa shape index (κ3) is 6.46. The van der Waals surface area contributed by atoms with Crippen molar-refractivity contribution in [1.29, 1.82) is 0 Å². The maximum absolute atomic E-state index is 12.5. The number of hydrogen-bond donors (Lipinski definition) is 3. The standard InChI is InChI=1S/C24H21BrN6O2S/c1-15-6-12-20(13-7-15)34-24-28-22(26-18-5-3-4-17(25)14-18)27-23(29-24)31-30-21(32)16-8-10-19(33-2)11-9-16/h3-14H,1-2H3,(H,30,32)(H2,26,27,28,29,31). The number of carbonyl (C=O) groups is 1. The highest BCUT2D eigenvalue weighted by Crippen LogP contribution is 2.27. The molecule has 8 nitrogen and oxygen atoms in total. The van der Waals surface area contributed by atoms with Crippen molar-refractivity contribution in [2.75, 3.05) is 17.9 Å². The molecular formula is C24H21BrN6O2S. The van der Waals surface area contributed by atoms with E-state index in [1.54, 1.807) is 31.4 Å². The number of nitrogens with one attached hydrogen (secondary N) is 3. The van der Waals surface area contributed by atoms with Crippen LogP contribution >= 0.6 is 27.7 Å². The number of rotatable bonds is 8. The molecule has 0 atom stereocenters. The second kappa shape index (κ2) is 11.0. The predicted molar refractivity (Wildman–Crippen MR) is 137 cm³/mol. The number of halogens is 1. The van der Waals surface area contributed by atoms with Crippen LogP contribution in [0, 0.1) is 6.92 Å². The fourth-order valence-electron chi connectivity index (χ4n) is 2.85. The van der Waals surface area contributed by atoms with Gasteiger partial charge in [0.05, 0.1) is 7.11 Å². The van der Waals surface area contributed by atoms with Gasteiger partial charge in [0, 0.05) is 20.6 Å². The topological polar surface area (TPSA) is 101 Å². The minimum Gasteiger partial charge on any atom is -0.497 e. The van der Waals surface area contributed by atoms with Crippen LogP contribution in [0.3, 0.4) is 0 Å². The van der Waals surface area contributed by atoms with E-state index in [0.29, 0.717) is 22.4 Å². The van der Waals surface area contributed by atoms with Gasteiger partial charge in [0.1, 0.15) is 5.75 Å². The molecule has 10 heteroatoms. The largest absolute Gasteiger partial charge is 0.497 e. The molecule has 0 aliphatic heterocycles. The van der Waals surface area contributed by atoms with Crippen molar-refractivity contribution in [2.45, 2.75) is 17.0 Å². The van der Waals surface area contributed by atoms with Gasteiger partial charge in [-0.05, 0) is 73.3 Å². The van der Waals surface area contributed by atoms with Crippen molar-refractivity contribution in [3.05, 3.63) is 88.4 Å². The quantitative estimate of drug-likeness (QED) is 0.250. The van der Waals surface area contributed by atoms with E-state index in [9.17, 15) is 4.79 Å². The predicted octanol–water partition coefficient (Wildman–Crippen LogP) is 5.60. The Balaban J connectivity index is 1.55. The third-order valence-corrected chi connectivity index (χ3v) is 5.93. The zero-order valence-corrected chi connectivity index (χ0v) is 20.8. The molecule has 4 rings (SSSR count). The van der Waals surface area contributed by atoms with Crippen LogP contribution in [0.15, 0.2) is 87.3 Å². The highest BCUT2D eigenvalue weighted by molar-refractivity contribution is 9.10. The van der Waals surface area contributed by atoms with Crippen LogP contribution in [0.4, 0.5) is 17.6 Å². The first-order valence-electron chi connectivity index (χ1n) is 10.2. The molecule has 0 aliphatic rings. The number of hydrazine groups is 1. The Morgan fingerprint density at radius 3 is 2.38 bits per heavy atom. The fraction of sp³-hybridized carbons (Fsp3) is 0.0833. The number of aromatic nitrogens is 3. The lowest BCUT2D eigenvalue weighted by atomic mass is 10.2. The van der Waals surface area contributed by atoms with E-state index in [-0.39, 0.29) is 11.9 Å². The Morgan fingerprint density at radius 1 is 0.941 bits per heavy atom. The first-order valence-corrected chi connectivity index (χ1v) is 11.8. The Bertz CT molecular complexity index is 1290. The number of amides is 1. The molecule has 0 fully saturated rings. The monoisotopic (exact) mass is 536 g/mol. The highest BCUT2D eigenvalue weighted by atomic mass is 79.9. The smallest absolute Gasteiger partial charge is 0.269 e. The first kappa shape index (κ1) is 23.5. The molecule has 172 valence electrons. The van der Waals surface area contributed by atoms with E-state index < -0.39 is 0 Å². The molecule has 0 bridgehead atoms. The third-order valence-electron chi connectivity index (χ3n) is 4.57. The summed E-state index contributed by atoms with van der Waals surface area (Å²) in [7, 11) is 1.57.